The summed E-state index contributed by atoms with van der Waals surface area (Å²) in [7, 11) is 3.84. The summed E-state index contributed by atoms with van der Waals surface area (Å²) in [5.41, 5.74) is 3.32. The number of hydrogen-bond donors (Lipinski definition) is 0. The number of ether oxygens (including phenoxy) is 1. The standard InChI is InChI=1S/C18H21N5O2/c1-12-14-9-13(10-19-17(14)22(3)20-12)18(24)23-7-8-25-11-16(23)15-5-4-6-21(15)2/h4-6,9-10,16H,7-8,11H2,1-3H3/t16-/m1/s1. The molecule has 7 nitrogen and oxygen atoms in total. The highest BCUT2D eigenvalue weighted by Gasteiger charge is 2.31. The van der Waals surface area contributed by atoms with Gasteiger partial charge < -0.3 is 14.2 Å². The van der Waals surface area contributed by atoms with E-state index in [4.69, 9.17) is 4.74 Å². The normalized spacial score (nSPS) is 18.0. The number of nitrogens with zero attached hydrogens (tertiary/aromatic N) is 5. The second kappa shape index (κ2) is 6.00. The van der Waals surface area contributed by atoms with Crippen molar-refractivity contribution >= 4 is 16.9 Å². The first kappa shape index (κ1) is 15.8. The van der Waals surface area contributed by atoms with Gasteiger partial charge >= 0.3 is 0 Å². The van der Waals surface area contributed by atoms with Gasteiger partial charge in [0.15, 0.2) is 5.65 Å². The van der Waals surface area contributed by atoms with E-state index in [9.17, 15) is 4.79 Å². The molecule has 0 radical (unpaired) electrons. The lowest BCUT2D eigenvalue weighted by molar-refractivity contribution is -0.00464. The van der Waals surface area contributed by atoms with Gasteiger partial charge in [0, 0.05) is 44.1 Å². The van der Waals surface area contributed by atoms with Crippen molar-refractivity contribution in [1.29, 1.82) is 0 Å². The van der Waals surface area contributed by atoms with Crippen LogP contribution in [0.1, 0.15) is 27.8 Å². The maximum Gasteiger partial charge on any atom is 0.256 e. The Bertz CT molecular complexity index is 942. The van der Waals surface area contributed by atoms with E-state index < -0.39 is 0 Å². The average molecular weight is 339 g/mol. The van der Waals surface area contributed by atoms with E-state index in [-0.39, 0.29) is 11.9 Å². The maximum atomic E-state index is 13.2. The lowest BCUT2D eigenvalue weighted by Crippen LogP contribution is -2.44. The van der Waals surface area contributed by atoms with Crippen molar-refractivity contribution in [3.05, 3.63) is 47.5 Å². The Labute approximate surface area is 145 Å². The third-order valence-electron chi connectivity index (χ3n) is 4.82. The van der Waals surface area contributed by atoms with Crippen LogP contribution in [0.4, 0.5) is 0 Å². The minimum absolute atomic E-state index is 0.0212. The molecule has 1 saturated heterocycles. The Morgan fingerprint density at radius 3 is 2.96 bits per heavy atom. The van der Waals surface area contributed by atoms with Gasteiger partial charge in [0.05, 0.1) is 30.5 Å². The molecule has 1 fully saturated rings. The molecule has 0 N–H and O–H groups in total. The Kier molecular flexibility index (Phi) is 3.80. The van der Waals surface area contributed by atoms with Crippen LogP contribution in [0.3, 0.4) is 0 Å². The first-order chi connectivity index (χ1) is 12.1. The SMILES string of the molecule is Cc1nn(C)c2ncc(C(=O)N3CCOC[C@@H]3c3cccn3C)cc12. The van der Waals surface area contributed by atoms with Crippen molar-refractivity contribution in [2.45, 2.75) is 13.0 Å². The highest BCUT2D eigenvalue weighted by molar-refractivity contribution is 5.97. The zero-order valence-corrected chi connectivity index (χ0v) is 14.6. The van der Waals surface area contributed by atoms with Crippen molar-refractivity contribution in [3.8, 4) is 0 Å². The van der Waals surface area contributed by atoms with Crippen LogP contribution < -0.4 is 0 Å². The van der Waals surface area contributed by atoms with Crippen LogP contribution in [0.2, 0.25) is 0 Å². The monoisotopic (exact) mass is 339 g/mol. The first-order valence-electron chi connectivity index (χ1n) is 8.35. The van der Waals surface area contributed by atoms with Gasteiger partial charge in [0.2, 0.25) is 0 Å². The quantitative estimate of drug-likeness (QED) is 0.714. The summed E-state index contributed by atoms with van der Waals surface area (Å²) < 4.78 is 9.40. The lowest BCUT2D eigenvalue weighted by atomic mass is 10.1. The molecule has 1 atom stereocenters. The number of fused-ring (bicyclic) bond motifs is 1. The van der Waals surface area contributed by atoms with Gasteiger partial charge in [0.25, 0.3) is 5.91 Å². The molecule has 1 amide bonds. The molecule has 0 spiro atoms. The number of amides is 1. The highest BCUT2D eigenvalue weighted by Crippen LogP contribution is 2.27. The summed E-state index contributed by atoms with van der Waals surface area (Å²) in [6.07, 6.45) is 3.63. The summed E-state index contributed by atoms with van der Waals surface area (Å²) in [6.45, 7) is 3.55. The highest BCUT2D eigenvalue weighted by atomic mass is 16.5. The van der Waals surface area contributed by atoms with E-state index in [2.05, 4.69) is 10.1 Å². The molecule has 1 aliphatic heterocycles. The number of carbonyl (C=O) groups excluding carboxylic acids is 1. The smallest absolute Gasteiger partial charge is 0.256 e. The fourth-order valence-corrected chi connectivity index (χ4v) is 3.50. The molecule has 0 saturated carbocycles. The molecule has 1 aliphatic rings. The largest absolute Gasteiger partial charge is 0.377 e. The van der Waals surface area contributed by atoms with Gasteiger partial charge in [-0.15, -0.1) is 0 Å². The maximum absolute atomic E-state index is 13.2. The van der Waals surface area contributed by atoms with Gasteiger partial charge in [-0.1, -0.05) is 0 Å². The van der Waals surface area contributed by atoms with E-state index in [1.54, 1.807) is 10.9 Å². The molecule has 3 aromatic rings. The van der Waals surface area contributed by atoms with E-state index in [0.29, 0.717) is 25.3 Å². The van der Waals surface area contributed by atoms with Gasteiger partial charge in [-0.25, -0.2) is 4.98 Å². The molecular weight excluding hydrogens is 318 g/mol. The van der Waals surface area contributed by atoms with Crippen molar-refractivity contribution in [1.82, 2.24) is 24.2 Å². The predicted molar refractivity (Wildman–Crippen MR) is 93.3 cm³/mol. The number of rotatable bonds is 2. The van der Waals surface area contributed by atoms with Crippen molar-refractivity contribution in [2.24, 2.45) is 14.1 Å². The number of aromatic nitrogens is 4. The summed E-state index contributed by atoms with van der Waals surface area (Å²) >= 11 is 0. The molecule has 0 bridgehead atoms. The summed E-state index contributed by atoms with van der Waals surface area (Å²) in [5, 5.41) is 5.29. The number of morpholine rings is 1. The molecule has 0 aliphatic carbocycles. The number of aryl methyl sites for hydroxylation is 3. The molecule has 0 aromatic carbocycles. The Balaban J connectivity index is 1.71. The van der Waals surface area contributed by atoms with Crippen molar-refractivity contribution in [3.63, 3.8) is 0 Å². The molecular formula is C18H21N5O2. The van der Waals surface area contributed by atoms with Gasteiger partial charge in [0.1, 0.15) is 0 Å². The van der Waals surface area contributed by atoms with Crippen LogP contribution in [0, 0.1) is 6.92 Å². The van der Waals surface area contributed by atoms with Crippen molar-refractivity contribution < 1.29 is 9.53 Å². The van der Waals surface area contributed by atoms with E-state index >= 15 is 0 Å². The summed E-state index contributed by atoms with van der Waals surface area (Å²) in [5.74, 6) is -0.0212. The van der Waals surface area contributed by atoms with Crippen LogP contribution in [0.15, 0.2) is 30.6 Å². The Hall–Kier alpha value is -2.67. The van der Waals surface area contributed by atoms with Crippen LogP contribution in [-0.2, 0) is 18.8 Å². The Morgan fingerprint density at radius 1 is 1.36 bits per heavy atom. The lowest BCUT2D eigenvalue weighted by Gasteiger charge is -2.36. The van der Waals surface area contributed by atoms with Gasteiger partial charge in [-0.2, -0.15) is 5.10 Å². The average Bonchev–Trinajstić information content (AvgIpc) is 3.17. The summed E-state index contributed by atoms with van der Waals surface area (Å²) in [4.78, 5) is 19.5. The number of pyridine rings is 1. The third kappa shape index (κ3) is 2.60. The molecule has 4 rings (SSSR count). The second-order valence-electron chi connectivity index (χ2n) is 6.44. The van der Waals surface area contributed by atoms with Gasteiger partial charge in [-0.3, -0.25) is 9.48 Å². The minimum atomic E-state index is -0.0908. The van der Waals surface area contributed by atoms with E-state index in [1.165, 1.54) is 0 Å². The first-order valence-corrected chi connectivity index (χ1v) is 8.35. The van der Waals surface area contributed by atoms with Crippen LogP contribution >= 0.6 is 0 Å². The second-order valence-corrected chi connectivity index (χ2v) is 6.44. The van der Waals surface area contributed by atoms with Crippen molar-refractivity contribution in [2.75, 3.05) is 19.8 Å². The molecule has 4 heterocycles. The van der Waals surface area contributed by atoms with Crippen LogP contribution in [0.5, 0.6) is 0 Å². The van der Waals surface area contributed by atoms with E-state index in [0.717, 1.165) is 22.4 Å². The van der Waals surface area contributed by atoms with Crippen LogP contribution in [-0.4, -0.2) is 49.9 Å². The fourth-order valence-electron chi connectivity index (χ4n) is 3.50. The molecule has 0 unspecified atom stereocenters. The molecule has 3 aromatic heterocycles. The molecule has 130 valence electrons. The third-order valence-corrected chi connectivity index (χ3v) is 4.82. The van der Waals surface area contributed by atoms with Crippen LogP contribution in [0.25, 0.3) is 11.0 Å². The molecule has 25 heavy (non-hydrogen) atoms. The van der Waals surface area contributed by atoms with E-state index in [1.807, 2.05) is 54.9 Å². The Morgan fingerprint density at radius 2 is 2.20 bits per heavy atom. The predicted octanol–water partition coefficient (Wildman–Crippen LogP) is 1.83. The minimum Gasteiger partial charge on any atom is -0.377 e. The summed E-state index contributed by atoms with van der Waals surface area (Å²) in [6, 6.07) is 5.82. The zero-order valence-electron chi connectivity index (χ0n) is 14.6. The topological polar surface area (TPSA) is 65.2 Å². The molecule has 7 heteroatoms. The zero-order chi connectivity index (χ0) is 17.6. The number of hydrogen-bond acceptors (Lipinski definition) is 4. The van der Waals surface area contributed by atoms with Gasteiger partial charge in [-0.05, 0) is 25.1 Å². The number of carbonyl (C=O) groups is 1. The fraction of sp³-hybridized carbons (Fsp3) is 0.389.